The second-order valence-corrected chi connectivity index (χ2v) is 8.27. The molecule has 1 aliphatic heterocycles. The summed E-state index contributed by atoms with van der Waals surface area (Å²) in [6.07, 6.45) is 0.820. The molecule has 1 aromatic carbocycles. The third kappa shape index (κ3) is 5.78. The number of methoxy groups -OCH3 is 1. The lowest BCUT2D eigenvalue weighted by Crippen LogP contribution is -2.52. The van der Waals surface area contributed by atoms with Crippen LogP contribution in [0, 0.1) is 0 Å². The van der Waals surface area contributed by atoms with Crippen molar-refractivity contribution in [2.24, 2.45) is 0 Å². The summed E-state index contributed by atoms with van der Waals surface area (Å²) in [5, 5.41) is 11.7. The molecule has 1 aliphatic rings. The van der Waals surface area contributed by atoms with E-state index in [-0.39, 0.29) is 6.61 Å². The van der Waals surface area contributed by atoms with Gasteiger partial charge in [-0.3, -0.25) is 9.80 Å². The lowest BCUT2D eigenvalue weighted by atomic mass is 10.1. The van der Waals surface area contributed by atoms with Crippen molar-refractivity contribution in [2.45, 2.75) is 39.1 Å². The molecule has 1 aromatic heterocycles. The summed E-state index contributed by atoms with van der Waals surface area (Å²) >= 11 is 1.81. The van der Waals surface area contributed by atoms with E-state index < -0.39 is 0 Å². The number of hydrogen-bond donors (Lipinski definition) is 1. The topological polar surface area (TPSA) is 45.2 Å². The van der Waals surface area contributed by atoms with Crippen molar-refractivity contribution in [1.82, 2.24) is 9.80 Å². The van der Waals surface area contributed by atoms with Crippen molar-refractivity contribution >= 4 is 11.3 Å². The molecule has 2 aromatic rings. The molecule has 154 valence electrons. The average Bonchev–Trinajstić information content (AvgIpc) is 3.22. The van der Waals surface area contributed by atoms with Gasteiger partial charge in [0.2, 0.25) is 0 Å². The van der Waals surface area contributed by atoms with Crippen LogP contribution in [0.15, 0.2) is 35.7 Å². The SMILES string of the molecule is CCOCc1cc(CN2CCN(Cc3cccs3)[C@H](CCO)C2)ccc1OC. The van der Waals surface area contributed by atoms with Gasteiger partial charge in [0.25, 0.3) is 0 Å². The van der Waals surface area contributed by atoms with Gasteiger partial charge in [-0.05, 0) is 42.5 Å². The average molecular weight is 405 g/mol. The van der Waals surface area contributed by atoms with Gasteiger partial charge >= 0.3 is 0 Å². The van der Waals surface area contributed by atoms with Crippen molar-refractivity contribution in [3.63, 3.8) is 0 Å². The van der Waals surface area contributed by atoms with Crippen LogP contribution in [0.3, 0.4) is 0 Å². The van der Waals surface area contributed by atoms with E-state index in [1.807, 2.05) is 24.3 Å². The van der Waals surface area contributed by atoms with E-state index in [0.717, 1.165) is 50.5 Å². The minimum Gasteiger partial charge on any atom is -0.496 e. The Labute approximate surface area is 172 Å². The highest BCUT2D eigenvalue weighted by atomic mass is 32.1. The van der Waals surface area contributed by atoms with Crippen molar-refractivity contribution in [1.29, 1.82) is 0 Å². The second kappa shape index (κ2) is 10.9. The van der Waals surface area contributed by atoms with Crippen LogP contribution in [-0.2, 0) is 24.4 Å². The van der Waals surface area contributed by atoms with Gasteiger partial charge < -0.3 is 14.6 Å². The number of nitrogens with zero attached hydrogens (tertiary/aromatic N) is 2. The molecule has 0 spiro atoms. The summed E-state index contributed by atoms with van der Waals surface area (Å²) in [5.41, 5.74) is 2.38. The van der Waals surface area contributed by atoms with Gasteiger partial charge in [0.15, 0.2) is 0 Å². The van der Waals surface area contributed by atoms with Gasteiger partial charge in [-0.1, -0.05) is 12.1 Å². The van der Waals surface area contributed by atoms with Crippen LogP contribution in [0.4, 0.5) is 0 Å². The van der Waals surface area contributed by atoms with Gasteiger partial charge in [-0.25, -0.2) is 0 Å². The van der Waals surface area contributed by atoms with Gasteiger partial charge in [-0.2, -0.15) is 0 Å². The molecule has 2 heterocycles. The first-order valence-electron chi connectivity index (χ1n) is 10.1. The minimum absolute atomic E-state index is 0.237. The minimum atomic E-state index is 0.237. The van der Waals surface area contributed by atoms with E-state index in [9.17, 15) is 5.11 Å². The molecule has 1 saturated heterocycles. The summed E-state index contributed by atoms with van der Waals surface area (Å²) in [7, 11) is 1.71. The highest BCUT2D eigenvalue weighted by Crippen LogP contribution is 2.24. The van der Waals surface area contributed by atoms with Crippen LogP contribution in [-0.4, -0.2) is 60.9 Å². The van der Waals surface area contributed by atoms with Crippen LogP contribution < -0.4 is 4.74 Å². The molecular formula is C22H32N2O3S. The molecule has 0 unspecified atom stereocenters. The number of aliphatic hydroxyl groups excluding tert-OH is 1. The predicted molar refractivity (Wildman–Crippen MR) is 114 cm³/mol. The lowest BCUT2D eigenvalue weighted by molar-refractivity contribution is 0.0506. The Morgan fingerprint density at radius 1 is 1.21 bits per heavy atom. The molecule has 0 bridgehead atoms. The fourth-order valence-corrected chi connectivity index (χ4v) is 4.58. The van der Waals surface area contributed by atoms with Crippen LogP contribution in [0.25, 0.3) is 0 Å². The monoisotopic (exact) mass is 404 g/mol. The third-order valence-corrected chi connectivity index (χ3v) is 6.16. The normalized spacial score (nSPS) is 18.5. The molecule has 0 radical (unpaired) electrons. The largest absolute Gasteiger partial charge is 0.496 e. The Bertz CT molecular complexity index is 708. The Balaban J connectivity index is 1.63. The highest BCUT2D eigenvalue weighted by Gasteiger charge is 2.27. The Morgan fingerprint density at radius 2 is 2.11 bits per heavy atom. The molecule has 1 N–H and O–H groups in total. The molecule has 28 heavy (non-hydrogen) atoms. The van der Waals surface area contributed by atoms with Gasteiger partial charge in [0.05, 0.1) is 13.7 Å². The molecular weight excluding hydrogens is 372 g/mol. The third-order valence-electron chi connectivity index (χ3n) is 5.30. The van der Waals surface area contributed by atoms with E-state index in [0.29, 0.717) is 19.3 Å². The fourth-order valence-electron chi connectivity index (χ4n) is 3.85. The van der Waals surface area contributed by atoms with Crippen molar-refractivity contribution < 1.29 is 14.6 Å². The van der Waals surface area contributed by atoms with Gasteiger partial charge in [-0.15, -0.1) is 11.3 Å². The number of rotatable bonds is 10. The van der Waals surface area contributed by atoms with Crippen molar-refractivity contribution in [3.8, 4) is 5.75 Å². The quantitative estimate of drug-likeness (QED) is 0.658. The summed E-state index contributed by atoms with van der Waals surface area (Å²) in [5.74, 6) is 0.885. The maximum absolute atomic E-state index is 9.54. The lowest BCUT2D eigenvalue weighted by Gasteiger charge is -2.41. The molecule has 1 atom stereocenters. The Hall–Kier alpha value is -1.44. The van der Waals surface area contributed by atoms with E-state index >= 15 is 0 Å². The Kier molecular flexibility index (Phi) is 8.30. The van der Waals surface area contributed by atoms with E-state index in [1.54, 1.807) is 7.11 Å². The molecule has 0 amide bonds. The summed E-state index contributed by atoms with van der Waals surface area (Å²) in [6, 6.07) is 11.1. The number of ether oxygens (including phenoxy) is 2. The molecule has 6 heteroatoms. The van der Waals surface area contributed by atoms with E-state index in [4.69, 9.17) is 9.47 Å². The van der Waals surface area contributed by atoms with Gasteiger partial charge in [0, 0.05) is 62.4 Å². The smallest absolute Gasteiger partial charge is 0.124 e. The summed E-state index contributed by atoms with van der Waals surface area (Å²) in [6.45, 7) is 8.48. The summed E-state index contributed by atoms with van der Waals surface area (Å²) in [4.78, 5) is 6.41. The maximum Gasteiger partial charge on any atom is 0.124 e. The molecule has 0 saturated carbocycles. The first kappa shape index (κ1) is 21.3. The zero-order chi connectivity index (χ0) is 19.8. The number of thiophene rings is 1. The highest BCUT2D eigenvalue weighted by molar-refractivity contribution is 7.09. The predicted octanol–water partition coefficient (Wildman–Crippen LogP) is 3.36. The first-order chi connectivity index (χ1) is 13.7. The first-order valence-corrected chi connectivity index (χ1v) is 10.9. The summed E-state index contributed by atoms with van der Waals surface area (Å²) < 4.78 is 11.1. The van der Waals surface area contributed by atoms with Crippen molar-refractivity contribution in [2.75, 3.05) is 40.0 Å². The maximum atomic E-state index is 9.54. The van der Waals surface area contributed by atoms with Crippen LogP contribution in [0.2, 0.25) is 0 Å². The van der Waals surface area contributed by atoms with Crippen molar-refractivity contribution in [3.05, 3.63) is 51.7 Å². The van der Waals surface area contributed by atoms with Crippen LogP contribution in [0.5, 0.6) is 5.75 Å². The molecule has 1 fully saturated rings. The van der Waals surface area contributed by atoms with E-state index in [2.05, 4.69) is 39.4 Å². The second-order valence-electron chi connectivity index (χ2n) is 7.23. The molecule has 3 rings (SSSR count). The van der Waals surface area contributed by atoms with Crippen LogP contribution >= 0.6 is 11.3 Å². The number of piperazine rings is 1. The zero-order valence-electron chi connectivity index (χ0n) is 17.0. The molecule has 0 aliphatic carbocycles. The van der Waals surface area contributed by atoms with Crippen LogP contribution in [0.1, 0.15) is 29.3 Å². The number of benzene rings is 1. The fraction of sp³-hybridized carbons (Fsp3) is 0.545. The standard InChI is InChI=1S/C22H32N2O3S/c1-3-27-17-19-13-18(6-7-22(19)26-2)14-23-9-10-24(20(15-23)8-11-25)16-21-5-4-12-28-21/h4-7,12-13,20,25H,3,8-11,14-17H2,1-2H3/t20-/m1/s1. The zero-order valence-corrected chi connectivity index (χ0v) is 17.8. The van der Waals surface area contributed by atoms with Gasteiger partial charge in [0.1, 0.15) is 5.75 Å². The van der Waals surface area contributed by atoms with E-state index in [1.165, 1.54) is 10.4 Å². The number of aliphatic hydroxyl groups is 1. The number of hydrogen-bond acceptors (Lipinski definition) is 6. The Morgan fingerprint density at radius 3 is 2.82 bits per heavy atom. The molecule has 5 nitrogen and oxygen atoms in total.